The van der Waals surface area contributed by atoms with Crippen LogP contribution in [-0.4, -0.2) is 57.1 Å². The third kappa shape index (κ3) is 5.17. The van der Waals surface area contributed by atoms with Gasteiger partial charge in [0.1, 0.15) is 11.4 Å². The monoisotopic (exact) mass is 489 g/mol. The Bertz CT molecular complexity index is 1320. The van der Waals surface area contributed by atoms with Crippen LogP contribution in [0.3, 0.4) is 0 Å². The number of hydrogen-bond donors (Lipinski definition) is 2. The number of rotatable bonds is 10. The van der Waals surface area contributed by atoms with Crippen molar-refractivity contribution in [2.45, 2.75) is 20.8 Å². The van der Waals surface area contributed by atoms with Gasteiger partial charge in [-0.25, -0.2) is 10.1 Å². The van der Waals surface area contributed by atoms with Crippen molar-refractivity contribution >= 4 is 23.6 Å². The van der Waals surface area contributed by atoms with Gasteiger partial charge in [-0.05, 0) is 73.0 Å². The molecular formula is C24H27N9O3. The summed E-state index contributed by atoms with van der Waals surface area (Å²) in [6.45, 7) is 8.50. The van der Waals surface area contributed by atoms with Gasteiger partial charge in [-0.1, -0.05) is 17.3 Å². The van der Waals surface area contributed by atoms with Crippen LogP contribution in [0.25, 0.3) is 17.1 Å². The molecule has 0 aliphatic heterocycles. The average Bonchev–Trinajstić information content (AvgIpc) is 3.52. The lowest BCUT2D eigenvalue weighted by molar-refractivity contribution is 0.0950. The van der Waals surface area contributed by atoms with Crippen LogP contribution < -0.4 is 20.8 Å². The molecule has 0 aliphatic rings. The van der Waals surface area contributed by atoms with Crippen molar-refractivity contribution in [3.63, 3.8) is 0 Å². The average molecular weight is 490 g/mol. The smallest absolute Gasteiger partial charge is 0.294 e. The molecular weight excluding hydrogens is 462 g/mol. The summed E-state index contributed by atoms with van der Waals surface area (Å²) in [5.41, 5.74) is 11.3. The number of carbonyl (C=O) groups excluding carboxylic acids is 1. The molecule has 0 saturated heterocycles. The van der Waals surface area contributed by atoms with Gasteiger partial charge in [0.25, 0.3) is 5.91 Å². The van der Waals surface area contributed by atoms with Gasteiger partial charge in [0.05, 0.1) is 12.8 Å². The van der Waals surface area contributed by atoms with Gasteiger partial charge in [-0.2, -0.15) is 9.78 Å². The van der Waals surface area contributed by atoms with Gasteiger partial charge in [0.2, 0.25) is 11.6 Å². The maximum Gasteiger partial charge on any atom is 0.294 e. The van der Waals surface area contributed by atoms with Crippen molar-refractivity contribution in [3.8, 4) is 22.8 Å². The van der Waals surface area contributed by atoms with Crippen molar-refractivity contribution in [3.05, 3.63) is 59.8 Å². The lowest BCUT2D eigenvalue weighted by Gasteiger charge is -2.20. The van der Waals surface area contributed by atoms with Crippen molar-refractivity contribution in [1.82, 2.24) is 30.7 Å². The molecule has 2 heterocycles. The third-order valence-electron chi connectivity index (χ3n) is 5.42. The third-order valence-corrected chi connectivity index (χ3v) is 5.42. The maximum atomic E-state index is 13.0. The summed E-state index contributed by atoms with van der Waals surface area (Å²) in [6.07, 6.45) is 1.56. The molecule has 0 unspecified atom stereocenters. The van der Waals surface area contributed by atoms with E-state index in [1.807, 2.05) is 31.2 Å². The zero-order chi connectivity index (χ0) is 25.5. The fourth-order valence-corrected chi connectivity index (χ4v) is 3.63. The number of benzene rings is 2. The molecule has 0 fully saturated rings. The molecule has 0 spiro atoms. The van der Waals surface area contributed by atoms with Gasteiger partial charge >= 0.3 is 0 Å². The van der Waals surface area contributed by atoms with Crippen molar-refractivity contribution < 1.29 is 14.2 Å². The van der Waals surface area contributed by atoms with E-state index in [2.05, 4.69) is 49.9 Å². The van der Waals surface area contributed by atoms with Crippen LogP contribution in [0.5, 0.6) is 5.75 Å². The normalized spacial score (nSPS) is 11.1. The highest BCUT2D eigenvalue weighted by Gasteiger charge is 2.25. The Morgan fingerprint density at radius 3 is 2.44 bits per heavy atom. The zero-order valence-corrected chi connectivity index (χ0v) is 20.3. The van der Waals surface area contributed by atoms with Crippen LogP contribution in [0.4, 0.5) is 11.5 Å². The lowest BCUT2D eigenvalue weighted by Crippen LogP contribution is -2.21. The van der Waals surface area contributed by atoms with Gasteiger partial charge in [-0.3, -0.25) is 4.79 Å². The fraction of sp³-hybridized carbons (Fsp3) is 0.250. The number of hydrazone groups is 1. The van der Waals surface area contributed by atoms with Crippen LogP contribution in [0, 0.1) is 0 Å². The molecule has 2 aromatic carbocycles. The molecule has 12 nitrogen and oxygen atoms in total. The molecule has 4 rings (SSSR count). The summed E-state index contributed by atoms with van der Waals surface area (Å²) in [6, 6.07) is 15.0. The van der Waals surface area contributed by atoms with Crippen molar-refractivity contribution in [2.75, 3.05) is 30.3 Å². The lowest BCUT2D eigenvalue weighted by atomic mass is 10.1. The minimum absolute atomic E-state index is 0.00484. The molecule has 12 heteroatoms. The number of hydrogen-bond acceptors (Lipinski definition) is 10. The Morgan fingerprint density at radius 2 is 1.83 bits per heavy atom. The van der Waals surface area contributed by atoms with Crippen LogP contribution >= 0.6 is 0 Å². The molecule has 0 saturated carbocycles. The number of nitrogens with two attached hydrogens (primary N) is 1. The van der Waals surface area contributed by atoms with E-state index in [0.29, 0.717) is 23.6 Å². The Labute approximate surface area is 207 Å². The molecule has 0 bridgehead atoms. The summed E-state index contributed by atoms with van der Waals surface area (Å²) < 4.78 is 11.5. The number of amides is 1. The van der Waals surface area contributed by atoms with Crippen molar-refractivity contribution in [2.24, 2.45) is 5.10 Å². The minimum Gasteiger partial charge on any atom is -0.494 e. The van der Waals surface area contributed by atoms with E-state index < -0.39 is 5.91 Å². The number of carbonyl (C=O) groups is 1. The van der Waals surface area contributed by atoms with E-state index in [1.54, 1.807) is 30.5 Å². The Morgan fingerprint density at radius 1 is 1.11 bits per heavy atom. The van der Waals surface area contributed by atoms with Crippen LogP contribution in [0.2, 0.25) is 0 Å². The molecule has 0 radical (unpaired) electrons. The highest BCUT2D eigenvalue weighted by Crippen LogP contribution is 2.28. The molecule has 186 valence electrons. The second kappa shape index (κ2) is 11.1. The van der Waals surface area contributed by atoms with Crippen LogP contribution in [-0.2, 0) is 0 Å². The summed E-state index contributed by atoms with van der Waals surface area (Å²) >= 11 is 0. The minimum atomic E-state index is -0.559. The van der Waals surface area contributed by atoms with Crippen molar-refractivity contribution in [1.29, 1.82) is 0 Å². The van der Waals surface area contributed by atoms with Gasteiger partial charge in [-0.15, -0.1) is 5.10 Å². The molecule has 0 atom stereocenters. The first kappa shape index (κ1) is 24.4. The van der Waals surface area contributed by atoms with E-state index in [0.717, 1.165) is 24.3 Å². The fourth-order valence-electron chi connectivity index (χ4n) is 3.63. The van der Waals surface area contributed by atoms with E-state index in [4.69, 9.17) is 15.1 Å². The number of ether oxygens (including phenoxy) is 1. The topological polar surface area (TPSA) is 150 Å². The largest absolute Gasteiger partial charge is 0.494 e. The van der Waals surface area contributed by atoms with E-state index in [9.17, 15) is 4.79 Å². The van der Waals surface area contributed by atoms with Gasteiger partial charge in [0, 0.05) is 24.3 Å². The van der Waals surface area contributed by atoms with E-state index in [-0.39, 0.29) is 17.3 Å². The number of nitrogen functional groups attached to an aromatic ring is 1. The molecule has 36 heavy (non-hydrogen) atoms. The predicted octanol–water partition coefficient (Wildman–Crippen LogP) is 2.91. The first-order valence-electron chi connectivity index (χ1n) is 11.5. The van der Waals surface area contributed by atoms with Crippen LogP contribution in [0.15, 0.2) is 58.3 Å². The van der Waals surface area contributed by atoms with Gasteiger partial charge < -0.3 is 15.4 Å². The summed E-state index contributed by atoms with van der Waals surface area (Å²) in [7, 11) is 0. The number of anilines is 2. The highest BCUT2D eigenvalue weighted by molar-refractivity contribution is 5.98. The molecule has 0 aliphatic carbocycles. The standard InChI is InChI=1S/C24H27N9O3/c1-4-32(5-2)18-11-7-16(8-12-18)15-26-28-24(34)20-21(17-9-13-19(14-10-17)35-6-3)33(31-27-20)23-22(25)29-36-30-23/h7-15H,4-6H2,1-3H3,(H2,25,29)(H,28,34)/b26-15+. The molecule has 3 N–H and O–H groups in total. The number of nitrogens with zero attached hydrogens (tertiary/aromatic N) is 7. The second-order valence-corrected chi connectivity index (χ2v) is 7.59. The van der Waals surface area contributed by atoms with E-state index >= 15 is 0 Å². The quantitative estimate of drug-likeness (QED) is 0.253. The first-order valence-corrected chi connectivity index (χ1v) is 11.5. The Balaban J connectivity index is 1.58. The summed E-state index contributed by atoms with van der Waals surface area (Å²) in [5.74, 6) is 0.245. The number of nitrogens with one attached hydrogen (secondary N) is 1. The second-order valence-electron chi connectivity index (χ2n) is 7.59. The molecule has 4 aromatic rings. The zero-order valence-electron chi connectivity index (χ0n) is 20.3. The summed E-state index contributed by atoms with van der Waals surface area (Å²) in [5, 5.41) is 19.6. The first-order chi connectivity index (χ1) is 17.5. The maximum absolute atomic E-state index is 13.0. The molecule has 2 aromatic heterocycles. The Kier molecular flexibility index (Phi) is 7.54. The number of aromatic nitrogens is 5. The van der Waals surface area contributed by atoms with E-state index in [1.165, 1.54) is 4.68 Å². The molecule has 1 amide bonds. The Hall–Kier alpha value is -4.74. The predicted molar refractivity (Wildman–Crippen MR) is 135 cm³/mol. The van der Waals surface area contributed by atoms with Crippen LogP contribution in [0.1, 0.15) is 36.8 Å². The SMILES string of the molecule is CCOc1ccc(-c2c(C(=O)N/N=C/c3ccc(N(CC)CC)cc3)nnn2-c2nonc2N)cc1. The van der Waals surface area contributed by atoms with Gasteiger partial charge in [0.15, 0.2) is 5.69 Å². The summed E-state index contributed by atoms with van der Waals surface area (Å²) in [4.78, 5) is 15.3. The highest BCUT2D eigenvalue weighted by atomic mass is 16.6.